The second-order valence-corrected chi connectivity index (χ2v) is 6.02. The quantitative estimate of drug-likeness (QED) is 0.776. The van der Waals surface area contributed by atoms with Gasteiger partial charge < -0.3 is 10.6 Å². The van der Waals surface area contributed by atoms with Crippen LogP contribution in [0, 0.1) is 5.41 Å². The fraction of sp³-hybridized carbons (Fsp3) is 1.00. The summed E-state index contributed by atoms with van der Waals surface area (Å²) >= 11 is 0. The van der Waals surface area contributed by atoms with Crippen LogP contribution in [0.4, 0.5) is 0 Å². The van der Waals surface area contributed by atoms with Gasteiger partial charge in [0.2, 0.25) is 0 Å². The number of hydrogen-bond donors (Lipinski definition) is 1. The van der Waals surface area contributed by atoms with Crippen LogP contribution in [-0.2, 0) is 0 Å². The summed E-state index contributed by atoms with van der Waals surface area (Å²) in [5.41, 5.74) is 6.41. The van der Waals surface area contributed by atoms with Crippen molar-refractivity contribution in [3.8, 4) is 0 Å². The van der Waals surface area contributed by atoms with E-state index < -0.39 is 0 Å². The van der Waals surface area contributed by atoms with E-state index in [9.17, 15) is 0 Å². The van der Waals surface area contributed by atoms with Crippen LogP contribution < -0.4 is 5.73 Å². The van der Waals surface area contributed by atoms with Gasteiger partial charge in [0.25, 0.3) is 0 Å². The van der Waals surface area contributed by atoms with E-state index in [0.717, 1.165) is 0 Å². The first kappa shape index (κ1) is 13.0. The molecule has 0 bridgehead atoms. The highest BCUT2D eigenvalue weighted by Gasteiger charge is 2.20. The van der Waals surface area contributed by atoms with Crippen LogP contribution in [0.3, 0.4) is 0 Å². The Hall–Kier alpha value is -0.0800. The Bertz CT molecular complexity index is 166. The predicted octanol–water partition coefficient (Wildman–Crippen LogP) is 2.63. The first-order valence-corrected chi connectivity index (χ1v) is 6.48. The standard InChI is InChI=1S/C13H28N2/c1-13(2,3)12(14)8-7-11-15-9-5-4-6-10-15/h12H,4-11,14H2,1-3H3. The summed E-state index contributed by atoms with van der Waals surface area (Å²) in [6.07, 6.45) is 6.65. The zero-order valence-corrected chi connectivity index (χ0v) is 10.8. The van der Waals surface area contributed by atoms with Gasteiger partial charge in [-0.2, -0.15) is 0 Å². The maximum absolute atomic E-state index is 6.15. The molecule has 0 aliphatic carbocycles. The van der Waals surface area contributed by atoms with Crippen molar-refractivity contribution in [3.63, 3.8) is 0 Å². The summed E-state index contributed by atoms with van der Waals surface area (Å²) in [6, 6.07) is 0.349. The van der Waals surface area contributed by atoms with Crippen LogP contribution in [0.1, 0.15) is 52.9 Å². The van der Waals surface area contributed by atoms with Gasteiger partial charge in [-0.1, -0.05) is 27.2 Å². The molecule has 2 N–H and O–H groups in total. The van der Waals surface area contributed by atoms with Crippen molar-refractivity contribution in [3.05, 3.63) is 0 Å². The molecule has 0 amide bonds. The van der Waals surface area contributed by atoms with Crippen LogP contribution in [-0.4, -0.2) is 30.6 Å². The molecule has 2 heteroatoms. The first-order chi connectivity index (χ1) is 7.00. The number of nitrogens with zero attached hydrogens (tertiary/aromatic N) is 1. The third-order valence-corrected chi connectivity index (χ3v) is 3.55. The highest BCUT2D eigenvalue weighted by molar-refractivity contribution is 4.77. The summed E-state index contributed by atoms with van der Waals surface area (Å²) in [7, 11) is 0. The third-order valence-electron chi connectivity index (χ3n) is 3.55. The van der Waals surface area contributed by atoms with E-state index in [4.69, 9.17) is 5.73 Å². The predicted molar refractivity (Wildman–Crippen MR) is 67.0 cm³/mol. The first-order valence-electron chi connectivity index (χ1n) is 6.48. The van der Waals surface area contributed by atoms with Crippen molar-refractivity contribution >= 4 is 0 Å². The summed E-state index contributed by atoms with van der Waals surface area (Å²) in [5, 5.41) is 0. The van der Waals surface area contributed by atoms with Crippen molar-refractivity contribution in [1.29, 1.82) is 0 Å². The number of rotatable bonds is 4. The molecule has 1 saturated heterocycles. The van der Waals surface area contributed by atoms with Gasteiger partial charge in [-0.3, -0.25) is 0 Å². The lowest BCUT2D eigenvalue weighted by Crippen LogP contribution is -2.36. The monoisotopic (exact) mass is 212 g/mol. The van der Waals surface area contributed by atoms with Gasteiger partial charge in [-0.25, -0.2) is 0 Å². The van der Waals surface area contributed by atoms with Crippen molar-refractivity contribution in [2.24, 2.45) is 11.1 Å². The summed E-state index contributed by atoms with van der Waals surface area (Å²) < 4.78 is 0. The molecule has 15 heavy (non-hydrogen) atoms. The Kier molecular flexibility index (Phi) is 5.07. The normalized spacial score (nSPS) is 21.6. The highest BCUT2D eigenvalue weighted by Crippen LogP contribution is 2.21. The van der Waals surface area contributed by atoms with Gasteiger partial charge in [0.15, 0.2) is 0 Å². The van der Waals surface area contributed by atoms with Crippen molar-refractivity contribution in [1.82, 2.24) is 4.90 Å². The van der Waals surface area contributed by atoms with E-state index in [0.29, 0.717) is 6.04 Å². The zero-order valence-electron chi connectivity index (χ0n) is 10.8. The molecule has 0 aromatic heterocycles. The maximum atomic E-state index is 6.15. The lowest BCUT2D eigenvalue weighted by atomic mass is 9.85. The van der Waals surface area contributed by atoms with Crippen LogP contribution in [0.2, 0.25) is 0 Å². The molecule has 0 radical (unpaired) electrons. The molecule has 2 nitrogen and oxygen atoms in total. The second kappa shape index (κ2) is 5.86. The fourth-order valence-corrected chi connectivity index (χ4v) is 2.15. The van der Waals surface area contributed by atoms with Gasteiger partial charge in [-0.15, -0.1) is 0 Å². The summed E-state index contributed by atoms with van der Waals surface area (Å²) in [4.78, 5) is 2.60. The largest absolute Gasteiger partial charge is 0.327 e. The Morgan fingerprint density at radius 1 is 1.13 bits per heavy atom. The Morgan fingerprint density at radius 2 is 1.73 bits per heavy atom. The minimum absolute atomic E-state index is 0.266. The smallest absolute Gasteiger partial charge is 0.00881 e. The topological polar surface area (TPSA) is 29.3 Å². The van der Waals surface area contributed by atoms with Gasteiger partial charge in [0.05, 0.1) is 0 Å². The molecule has 0 aromatic rings. The van der Waals surface area contributed by atoms with Crippen LogP contribution in [0.15, 0.2) is 0 Å². The average molecular weight is 212 g/mol. The summed E-state index contributed by atoms with van der Waals surface area (Å²) in [5.74, 6) is 0. The molecule has 1 fully saturated rings. The molecular formula is C13H28N2. The molecule has 1 aliphatic heterocycles. The summed E-state index contributed by atoms with van der Waals surface area (Å²) in [6.45, 7) is 10.6. The fourth-order valence-electron chi connectivity index (χ4n) is 2.15. The SMILES string of the molecule is CC(C)(C)C(N)CCCN1CCCCC1. The van der Waals surface area contributed by atoms with Gasteiger partial charge in [0.1, 0.15) is 0 Å². The Balaban J connectivity index is 2.10. The number of likely N-dealkylation sites (tertiary alicyclic amines) is 1. The minimum atomic E-state index is 0.266. The van der Waals surface area contributed by atoms with Crippen LogP contribution in [0.25, 0.3) is 0 Å². The lowest BCUT2D eigenvalue weighted by Gasteiger charge is -2.30. The highest BCUT2D eigenvalue weighted by atomic mass is 15.1. The minimum Gasteiger partial charge on any atom is -0.327 e. The number of hydrogen-bond acceptors (Lipinski definition) is 2. The molecule has 1 unspecified atom stereocenters. The van der Waals surface area contributed by atoms with E-state index in [2.05, 4.69) is 25.7 Å². The molecule has 1 aliphatic rings. The Morgan fingerprint density at radius 3 is 2.27 bits per heavy atom. The molecule has 0 saturated carbocycles. The molecule has 1 atom stereocenters. The van der Waals surface area contributed by atoms with E-state index >= 15 is 0 Å². The van der Waals surface area contributed by atoms with Gasteiger partial charge >= 0.3 is 0 Å². The van der Waals surface area contributed by atoms with Crippen molar-refractivity contribution in [2.45, 2.75) is 58.9 Å². The van der Waals surface area contributed by atoms with Crippen molar-refractivity contribution < 1.29 is 0 Å². The molecule has 90 valence electrons. The lowest BCUT2D eigenvalue weighted by molar-refractivity contribution is 0.213. The van der Waals surface area contributed by atoms with E-state index in [1.54, 1.807) is 0 Å². The molecule has 1 rings (SSSR count). The Labute approximate surface area is 95.2 Å². The third kappa shape index (κ3) is 4.98. The average Bonchev–Trinajstić information content (AvgIpc) is 2.18. The second-order valence-electron chi connectivity index (χ2n) is 6.02. The van der Waals surface area contributed by atoms with Crippen molar-refractivity contribution in [2.75, 3.05) is 19.6 Å². The molecule has 0 aromatic carbocycles. The van der Waals surface area contributed by atoms with Gasteiger partial charge in [-0.05, 0) is 50.7 Å². The van der Waals surface area contributed by atoms with E-state index in [1.165, 1.54) is 51.7 Å². The van der Waals surface area contributed by atoms with Gasteiger partial charge in [0, 0.05) is 6.04 Å². The van der Waals surface area contributed by atoms with Crippen LogP contribution >= 0.6 is 0 Å². The van der Waals surface area contributed by atoms with E-state index in [-0.39, 0.29) is 5.41 Å². The molecule has 0 spiro atoms. The maximum Gasteiger partial charge on any atom is 0.00881 e. The van der Waals surface area contributed by atoms with Crippen LogP contribution in [0.5, 0.6) is 0 Å². The van der Waals surface area contributed by atoms with E-state index in [1.807, 2.05) is 0 Å². The number of piperidine rings is 1. The zero-order chi connectivity index (χ0) is 11.3. The molecular weight excluding hydrogens is 184 g/mol. The number of nitrogens with two attached hydrogens (primary N) is 1. The molecule has 1 heterocycles.